The van der Waals surface area contributed by atoms with E-state index in [2.05, 4.69) is 28.9 Å². The van der Waals surface area contributed by atoms with Gasteiger partial charge in [0.2, 0.25) is 0 Å². The fraction of sp³-hybridized carbons (Fsp3) is 0.733. The van der Waals surface area contributed by atoms with Gasteiger partial charge in [0.1, 0.15) is 0 Å². The summed E-state index contributed by atoms with van der Waals surface area (Å²) in [4.78, 5) is 11.3. The zero-order valence-corrected chi connectivity index (χ0v) is 13.9. The van der Waals surface area contributed by atoms with E-state index in [1.165, 1.54) is 24.1 Å². The average molecular weight is 351 g/mol. The Kier molecular flexibility index (Phi) is 7.68. The van der Waals surface area contributed by atoms with Crippen molar-refractivity contribution >= 4 is 5.97 Å². The number of aromatic nitrogens is 2. The molecule has 0 spiro atoms. The van der Waals surface area contributed by atoms with Crippen LogP contribution in [-0.4, -0.2) is 56.6 Å². The summed E-state index contributed by atoms with van der Waals surface area (Å²) < 4.78 is 31.7. The minimum absolute atomic E-state index is 0.272. The summed E-state index contributed by atoms with van der Waals surface area (Å²) in [6, 6.07) is 0.330. The van der Waals surface area contributed by atoms with Gasteiger partial charge in [-0.3, -0.25) is 10.00 Å². The van der Waals surface area contributed by atoms with Gasteiger partial charge in [-0.25, -0.2) is 4.79 Å². The molecule has 1 aromatic rings. The van der Waals surface area contributed by atoms with E-state index in [1.807, 2.05) is 0 Å². The van der Waals surface area contributed by atoms with Gasteiger partial charge in [0, 0.05) is 12.6 Å². The highest BCUT2D eigenvalue weighted by atomic mass is 19.4. The maximum Gasteiger partial charge on any atom is 0.490 e. The number of aromatic amines is 1. The number of aliphatic hydroxyl groups is 1. The number of aryl methyl sites for hydroxylation is 1. The van der Waals surface area contributed by atoms with Crippen LogP contribution in [0.5, 0.6) is 0 Å². The summed E-state index contributed by atoms with van der Waals surface area (Å²) in [7, 11) is 0. The van der Waals surface area contributed by atoms with E-state index in [-0.39, 0.29) is 6.61 Å². The lowest BCUT2D eigenvalue weighted by atomic mass is 10.0. The molecule has 0 bridgehead atoms. The molecule has 3 N–H and O–H groups in total. The molecular formula is C15H24F3N3O3. The molecule has 24 heavy (non-hydrogen) atoms. The lowest BCUT2D eigenvalue weighted by Gasteiger charge is -2.34. The number of carboxylic acids is 1. The first-order chi connectivity index (χ1) is 11.2. The van der Waals surface area contributed by atoms with Crippen LogP contribution in [0.1, 0.15) is 43.1 Å². The zero-order valence-electron chi connectivity index (χ0n) is 13.9. The standard InChI is InChI=1S/C13H23N3O.C2HF3O2/c1-3-12-10(2)13(15-14-12)8-16-7-5-4-6-11(16)9-17;3-2(4,5)1(6)7/h11,17H,3-9H2,1-2H3,(H,14,15);(H,6,7). The van der Waals surface area contributed by atoms with Crippen molar-refractivity contribution in [1.29, 1.82) is 0 Å². The van der Waals surface area contributed by atoms with Crippen molar-refractivity contribution in [3.05, 3.63) is 17.0 Å². The molecule has 1 saturated heterocycles. The Morgan fingerprint density at radius 3 is 2.50 bits per heavy atom. The second-order valence-electron chi connectivity index (χ2n) is 5.73. The molecule has 0 aromatic carbocycles. The molecule has 1 fully saturated rings. The quantitative estimate of drug-likeness (QED) is 0.774. The fourth-order valence-corrected chi connectivity index (χ4v) is 2.65. The monoisotopic (exact) mass is 351 g/mol. The van der Waals surface area contributed by atoms with Crippen molar-refractivity contribution in [3.8, 4) is 0 Å². The van der Waals surface area contributed by atoms with Gasteiger partial charge >= 0.3 is 12.1 Å². The van der Waals surface area contributed by atoms with Crippen LogP contribution in [0.3, 0.4) is 0 Å². The second-order valence-corrected chi connectivity index (χ2v) is 5.73. The largest absolute Gasteiger partial charge is 0.490 e. The Balaban J connectivity index is 0.000000351. The number of aliphatic hydroxyl groups excluding tert-OH is 1. The molecule has 0 saturated carbocycles. The zero-order chi connectivity index (χ0) is 18.3. The number of likely N-dealkylation sites (tertiary alicyclic amines) is 1. The molecule has 0 aliphatic carbocycles. The van der Waals surface area contributed by atoms with Crippen molar-refractivity contribution in [3.63, 3.8) is 0 Å². The van der Waals surface area contributed by atoms with E-state index in [9.17, 15) is 18.3 Å². The number of hydrogen-bond donors (Lipinski definition) is 3. The van der Waals surface area contributed by atoms with Gasteiger partial charge in [-0.05, 0) is 38.3 Å². The Morgan fingerprint density at radius 1 is 1.42 bits per heavy atom. The van der Waals surface area contributed by atoms with Crippen molar-refractivity contribution in [2.45, 2.75) is 58.3 Å². The van der Waals surface area contributed by atoms with E-state index >= 15 is 0 Å². The number of rotatable bonds is 4. The van der Waals surface area contributed by atoms with E-state index in [4.69, 9.17) is 9.90 Å². The van der Waals surface area contributed by atoms with Crippen molar-refractivity contribution in [2.75, 3.05) is 13.2 Å². The van der Waals surface area contributed by atoms with Crippen LogP contribution >= 0.6 is 0 Å². The number of carboxylic acid groups (broad SMARTS) is 1. The Labute approximate surface area is 138 Å². The molecule has 1 aromatic heterocycles. The maximum absolute atomic E-state index is 10.6. The SMILES string of the molecule is CCc1n[nH]c(CN2CCCCC2CO)c1C.O=C(O)C(F)(F)F. The van der Waals surface area contributed by atoms with Crippen molar-refractivity contribution in [2.24, 2.45) is 0 Å². The van der Waals surface area contributed by atoms with Gasteiger partial charge in [0.15, 0.2) is 0 Å². The summed E-state index contributed by atoms with van der Waals surface area (Å²) in [5.41, 5.74) is 3.66. The highest BCUT2D eigenvalue weighted by Crippen LogP contribution is 2.20. The number of piperidine rings is 1. The minimum Gasteiger partial charge on any atom is -0.475 e. The van der Waals surface area contributed by atoms with Crippen LogP contribution in [0.25, 0.3) is 0 Å². The third-order valence-electron chi connectivity index (χ3n) is 4.11. The molecule has 1 aliphatic heterocycles. The average Bonchev–Trinajstić information content (AvgIpc) is 2.88. The molecule has 1 aliphatic rings. The molecule has 2 heterocycles. The van der Waals surface area contributed by atoms with Gasteiger partial charge < -0.3 is 10.2 Å². The van der Waals surface area contributed by atoms with Crippen LogP contribution in [0, 0.1) is 6.92 Å². The summed E-state index contributed by atoms with van der Waals surface area (Å²) >= 11 is 0. The molecular weight excluding hydrogens is 327 g/mol. The highest BCUT2D eigenvalue weighted by Gasteiger charge is 2.38. The molecule has 6 nitrogen and oxygen atoms in total. The topological polar surface area (TPSA) is 89.5 Å². The molecule has 1 unspecified atom stereocenters. The Hall–Kier alpha value is -1.61. The molecule has 0 amide bonds. The van der Waals surface area contributed by atoms with Crippen LogP contribution in [-0.2, 0) is 17.8 Å². The van der Waals surface area contributed by atoms with Gasteiger partial charge in [-0.15, -0.1) is 0 Å². The first-order valence-electron chi connectivity index (χ1n) is 7.88. The van der Waals surface area contributed by atoms with Crippen molar-refractivity contribution < 1.29 is 28.2 Å². The molecule has 2 rings (SSSR count). The Morgan fingerprint density at radius 2 is 2.04 bits per heavy atom. The number of carbonyl (C=O) groups is 1. The number of nitrogens with zero attached hydrogens (tertiary/aromatic N) is 2. The number of halogens is 3. The van der Waals surface area contributed by atoms with E-state index in [1.54, 1.807) is 0 Å². The third kappa shape index (κ3) is 5.79. The lowest BCUT2D eigenvalue weighted by molar-refractivity contribution is -0.192. The van der Waals surface area contributed by atoms with Gasteiger partial charge in [0.25, 0.3) is 0 Å². The smallest absolute Gasteiger partial charge is 0.475 e. The summed E-state index contributed by atoms with van der Waals surface area (Å²) in [6.07, 6.45) is -0.510. The number of H-pyrrole nitrogens is 1. The first-order valence-corrected chi connectivity index (χ1v) is 7.88. The maximum atomic E-state index is 10.6. The molecule has 9 heteroatoms. The minimum atomic E-state index is -5.08. The van der Waals surface area contributed by atoms with Crippen LogP contribution in [0.15, 0.2) is 0 Å². The summed E-state index contributed by atoms with van der Waals surface area (Å²) in [5.74, 6) is -2.76. The van der Waals surface area contributed by atoms with Crippen LogP contribution < -0.4 is 0 Å². The van der Waals surface area contributed by atoms with E-state index in [0.717, 1.165) is 31.6 Å². The number of nitrogens with one attached hydrogen (secondary N) is 1. The van der Waals surface area contributed by atoms with E-state index in [0.29, 0.717) is 6.04 Å². The van der Waals surface area contributed by atoms with Gasteiger partial charge in [0.05, 0.1) is 18.0 Å². The van der Waals surface area contributed by atoms with E-state index < -0.39 is 12.1 Å². The van der Waals surface area contributed by atoms with Gasteiger partial charge in [-0.1, -0.05) is 13.3 Å². The summed E-state index contributed by atoms with van der Waals surface area (Å²) in [6.45, 7) is 6.52. The van der Waals surface area contributed by atoms with Crippen LogP contribution in [0.2, 0.25) is 0 Å². The normalized spacial score (nSPS) is 18.8. The third-order valence-corrected chi connectivity index (χ3v) is 4.11. The fourth-order valence-electron chi connectivity index (χ4n) is 2.65. The first kappa shape index (κ1) is 20.4. The molecule has 0 radical (unpaired) electrons. The predicted molar refractivity (Wildman–Crippen MR) is 81.5 cm³/mol. The predicted octanol–water partition coefficient (Wildman–Crippen LogP) is 2.26. The summed E-state index contributed by atoms with van der Waals surface area (Å²) in [5, 5.41) is 24.0. The number of hydrogen-bond acceptors (Lipinski definition) is 4. The Bertz CT molecular complexity index is 532. The van der Waals surface area contributed by atoms with Crippen LogP contribution in [0.4, 0.5) is 13.2 Å². The second kappa shape index (κ2) is 9.03. The molecule has 1 atom stereocenters. The number of alkyl halides is 3. The number of aliphatic carboxylic acids is 1. The van der Waals surface area contributed by atoms with Crippen molar-refractivity contribution in [1.82, 2.24) is 15.1 Å². The molecule has 138 valence electrons. The van der Waals surface area contributed by atoms with Gasteiger partial charge in [-0.2, -0.15) is 18.3 Å². The lowest BCUT2D eigenvalue weighted by Crippen LogP contribution is -2.41. The highest BCUT2D eigenvalue weighted by molar-refractivity contribution is 5.73.